The van der Waals surface area contributed by atoms with Gasteiger partial charge in [-0.3, -0.25) is 4.79 Å². The Morgan fingerprint density at radius 1 is 1.40 bits per heavy atom. The third-order valence-corrected chi connectivity index (χ3v) is 4.05. The molecule has 0 aliphatic carbocycles. The second kappa shape index (κ2) is 7.56. The fourth-order valence-electron chi connectivity index (χ4n) is 2.78. The van der Waals surface area contributed by atoms with E-state index < -0.39 is 6.61 Å². The van der Waals surface area contributed by atoms with Gasteiger partial charge in [0.05, 0.1) is 11.4 Å². The molecule has 2 N–H and O–H groups in total. The largest absolute Gasteiger partial charge is 0.435 e. The van der Waals surface area contributed by atoms with Crippen molar-refractivity contribution in [2.75, 3.05) is 13.1 Å². The number of rotatable bonds is 5. The molecule has 25 heavy (non-hydrogen) atoms. The van der Waals surface area contributed by atoms with E-state index in [1.807, 2.05) is 0 Å². The smallest absolute Gasteiger partial charge is 0.387 e. The van der Waals surface area contributed by atoms with Crippen molar-refractivity contribution in [3.05, 3.63) is 35.7 Å². The predicted octanol–water partition coefficient (Wildman–Crippen LogP) is 1.66. The molecule has 134 valence electrons. The van der Waals surface area contributed by atoms with Crippen LogP contribution in [0.2, 0.25) is 0 Å². The second-order valence-electron chi connectivity index (χ2n) is 5.82. The van der Waals surface area contributed by atoms with Crippen LogP contribution in [0.4, 0.5) is 8.78 Å². The van der Waals surface area contributed by atoms with Gasteiger partial charge in [0.15, 0.2) is 5.69 Å². The molecule has 2 heterocycles. The number of alkyl halides is 2. The van der Waals surface area contributed by atoms with Gasteiger partial charge in [-0.05, 0) is 50.6 Å². The molecule has 2 aromatic rings. The zero-order valence-electron chi connectivity index (χ0n) is 13.7. The van der Waals surface area contributed by atoms with Crippen LogP contribution in [0.3, 0.4) is 0 Å². The van der Waals surface area contributed by atoms with Crippen molar-refractivity contribution in [3.8, 4) is 11.4 Å². The fourth-order valence-corrected chi connectivity index (χ4v) is 2.78. The van der Waals surface area contributed by atoms with Gasteiger partial charge in [0.2, 0.25) is 0 Å². The van der Waals surface area contributed by atoms with Gasteiger partial charge in [-0.1, -0.05) is 5.21 Å². The van der Waals surface area contributed by atoms with E-state index in [4.69, 9.17) is 0 Å². The van der Waals surface area contributed by atoms with Crippen molar-refractivity contribution in [3.63, 3.8) is 0 Å². The third-order valence-electron chi connectivity index (χ3n) is 4.05. The number of piperidine rings is 1. The lowest BCUT2D eigenvalue weighted by Crippen LogP contribution is -2.45. The number of ether oxygens (including phenoxy) is 1. The summed E-state index contributed by atoms with van der Waals surface area (Å²) in [6.07, 6.45) is 1.95. The van der Waals surface area contributed by atoms with Crippen LogP contribution in [-0.2, 0) is 0 Å². The molecule has 1 aliphatic rings. The highest BCUT2D eigenvalue weighted by atomic mass is 19.3. The highest BCUT2D eigenvalue weighted by Crippen LogP contribution is 2.18. The number of benzene rings is 1. The average Bonchev–Trinajstić information content (AvgIpc) is 2.98. The Hall–Kier alpha value is -2.55. The maximum atomic E-state index is 12.4. The van der Waals surface area contributed by atoms with E-state index in [0.29, 0.717) is 11.4 Å². The van der Waals surface area contributed by atoms with Crippen molar-refractivity contribution in [2.24, 2.45) is 0 Å². The summed E-state index contributed by atoms with van der Waals surface area (Å²) in [6, 6.07) is 6.06. The van der Waals surface area contributed by atoms with E-state index in [-0.39, 0.29) is 23.4 Å². The van der Waals surface area contributed by atoms with Crippen LogP contribution >= 0.6 is 0 Å². The van der Waals surface area contributed by atoms with Gasteiger partial charge in [0, 0.05) is 12.6 Å². The van der Waals surface area contributed by atoms with Crippen LogP contribution in [0.25, 0.3) is 5.69 Å². The van der Waals surface area contributed by atoms with E-state index in [1.165, 1.54) is 16.8 Å². The highest BCUT2D eigenvalue weighted by molar-refractivity contribution is 5.93. The van der Waals surface area contributed by atoms with Gasteiger partial charge in [-0.25, -0.2) is 4.68 Å². The molecular formula is C16H19F2N5O2. The molecule has 0 unspecified atom stereocenters. The lowest BCUT2D eigenvalue weighted by Gasteiger charge is -2.23. The van der Waals surface area contributed by atoms with Crippen molar-refractivity contribution in [1.29, 1.82) is 0 Å². The van der Waals surface area contributed by atoms with Crippen molar-refractivity contribution >= 4 is 5.91 Å². The lowest BCUT2D eigenvalue weighted by molar-refractivity contribution is -0.0498. The van der Waals surface area contributed by atoms with Gasteiger partial charge in [-0.15, -0.1) is 5.10 Å². The first-order chi connectivity index (χ1) is 12.0. The number of hydrogen-bond acceptors (Lipinski definition) is 5. The van der Waals surface area contributed by atoms with Gasteiger partial charge < -0.3 is 15.4 Å². The van der Waals surface area contributed by atoms with Gasteiger partial charge in [-0.2, -0.15) is 8.78 Å². The molecule has 1 aromatic heterocycles. The van der Waals surface area contributed by atoms with Crippen molar-refractivity contribution in [2.45, 2.75) is 32.4 Å². The monoisotopic (exact) mass is 351 g/mol. The normalized spacial score (nSPS) is 17.5. The first-order valence-corrected chi connectivity index (χ1v) is 8.03. The minimum absolute atomic E-state index is 0.0549. The molecule has 1 aromatic carbocycles. The molecule has 1 fully saturated rings. The topological polar surface area (TPSA) is 81.1 Å². The molecule has 0 radical (unpaired) electrons. The van der Waals surface area contributed by atoms with E-state index in [1.54, 1.807) is 19.1 Å². The van der Waals surface area contributed by atoms with Gasteiger partial charge >= 0.3 is 6.61 Å². The summed E-state index contributed by atoms with van der Waals surface area (Å²) in [4.78, 5) is 12.4. The third kappa shape index (κ3) is 4.11. The Balaban J connectivity index is 1.72. The first-order valence-electron chi connectivity index (χ1n) is 8.03. The maximum Gasteiger partial charge on any atom is 0.387 e. The molecule has 1 saturated heterocycles. The van der Waals surface area contributed by atoms with Gasteiger partial charge in [0.1, 0.15) is 5.75 Å². The molecule has 0 spiro atoms. The summed E-state index contributed by atoms with van der Waals surface area (Å²) >= 11 is 0. The number of aromatic nitrogens is 3. The molecule has 1 amide bonds. The Morgan fingerprint density at radius 2 is 2.16 bits per heavy atom. The quantitative estimate of drug-likeness (QED) is 0.856. The van der Waals surface area contributed by atoms with Crippen molar-refractivity contribution < 1.29 is 18.3 Å². The highest BCUT2D eigenvalue weighted by Gasteiger charge is 2.21. The molecule has 1 aliphatic heterocycles. The summed E-state index contributed by atoms with van der Waals surface area (Å²) < 4.78 is 30.2. The first kappa shape index (κ1) is 17.3. The minimum Gasteiger partial charge on any atom is -0.435 e. The zero-order chi connectivity index (χ0) is 17.8. The SMILES string of the molecule is Cc1c(C(=O)N[C@H]2CCCNC2)nnn1-c1ccc(OC(F)F)cc1. The minimum atomic E-state index is -2.87. The number of nitrogens with zero attached hydrogens (tertiary/aromatic N) is 3. The fraction of sp³-hybridized carbons (Fsp3) is 0.438. The maximum absolute atomic E-state index is 12.4. The van der Waals surface area contributed by atoms with Crippen LogP contribution in [0.1, 0.15) is 29.0 Å². The van der Waals surface area contributed by atoms with Crippen LogP contribution in [0.5, 0.6) is 5.75 Å². The molecule has 1 atom stereocenters. The molecule has 7 nitrogen and oxygen atoms in total. The van der Waals surface area contributed by atoms with Crippen molar-refractivity contribution in [1.82, 2.24) is 25.6 Å². The van der Waals surface area contributed by atoms with Crippen LogP contribution < -0.4 is 15.4 Å². The summed E-state index contributed by atoms with van der Waals surface area (Å²) in [5.74, 6) is -0.214. The Labute approximate surface area is 143 Å². The van der Waals surface area contributed by atoms with Crippen LogP contribution in [0.15, 0.2) is 24.3 Å². The number of hydrogen-bond donors (Lipinski definition) is 2. The molecule has 0 saturated carbocycles. The second-order valence-corrected chi connectivity index (χ2v) is 5.82. The molecular weight excluding hydrogens is 332 g/mol. The Bertz CT molecular complexity index is 727. The van der Waals surface area contributed by atoms with Crippen LogP contribution in [-0.4, -0.2) is 46.6 Å². The summed E-state index contributed by atoms with van der Waals surface area (Å²) in [6.45, 7) is 0.568. The number of amides is 1. The van der Waals surface area contributed by atoms with E-state index in [2.05, 4.69) is 25.7 Å². The summed E-state index contributed by atoms with van der Waals surface area (Å²) in [5, 5.41) is 14.1. The number of nitrogens with one attached hydrogen (secondary N) is 2. The van der Waals surface area contributed by atoms with E-state index in [0.717, 1.165) is 25.9 Å². The van der Waals surface area contributed by atoms with Gasteiger partial charge in [0.25, 0.3) is 5.91 Å². The summed E-state index contributed by atoms with van der Waals surface area (Å²) in [5.41, 5.74) is 1.42. The zero-order valence-corrected chi connectivity index (χ0v) is 13.7. The summed E-state index contributed by atoms with van der Waals surface area (Å²) in [7, 11) is 0. The van der Waals surface area contributed by atoms with Crippen LogP contribution in [0, 0.1) is 6.92 Å². The predicted molar refractivity (Wildman–Crippen MR) is 86.1 cm³/mol. The standard InChI is InChI=1S/C16H19F2N5O2/c1-10-14(15(24)20-11-3-2-8-19-9-11)21-22-23(10)12-4-6-13(7-5-12)25-16(17)18/h4-7,11,16,19H,2-3,8-9H2,1H3,(H,20,24)/t11-/m0/s1. The Morgan fingerprint density at radius 3 is 2.80 bits per heavy atom. The molecule has 9 heteroatoms. The molecule has 0 bridgehead atoms. The Kier molecular flexibility index (Phi) is 5.22. The number of halogens is 2. The molecule has 3 rings (SSSR count). The number of carbonyl (C=O) groups excluding carboxylic acids is 1. The number of carbonyl (C=O) groups is 1. The lowest BCUT2D eigenvalue weighted by atomic mass is 10.1. The average molecular weight is 351 g/mol. The van der Waals surface area contributed by atoms with E-state index >= 15 is 0 Å². The van der Waals surface area contributed by atoms with E-state index in [9.17, 15) is 13.6 Å².